The van der Waals surface area contributed by atoms with Crippen molar-refractivity contribution in [3.05, 3.63) is 78.9 Å². The van der Waals surface area contributed by atoms with Gasteiger partial charge in [-0.2, -0.15) is 9.97 Å². The molecule has 0 saturated carbocycles. The number of benzene rings is 5. The van der Waals surface area contributed by atoms with E-state index in [0.29, 0.717) is 23.8 Å². The van der Waals surface area contributed by atoms with Crippen molar-refractivity contribution >= 4 is 32.3 Å². The molecule has 0 spiro atoms. The predicted molar refractivity (Wildman–Crippen MR) is 146 cm³/mol. The third kappa shape index (κ3) is 3.97. The quantitative estimate of drug-likeness (QED) is 0.181. The van der Waals surface area contributed by atoms with Crippen LogP contribution in [0.4, 0.5) is 0 Å². The average Bonchev–Trinajstić information content (AvgIpc) is 2.91. The molecule has 0 saturated heterocycles. The van der Waals surface area contributed by atoms with Gasteiger partial charge in [0.15, 0.2) is 11.6 Å². The fourth-order valence-electron chi connectivity index (χ4n) is 4.95. The summed E-state index contributed by atoms with van der Waals surface area (Å²) in [6.07, 6.45) is 4.40. The lowest BCUT2D eigenvalue weighted by molar-refractivity contribution is 0.281. The molecule has 0 atom stereocenters. The van der Waals surface area contributed by atoms with Crippen LogP contribution in [0.1, 0.15) is 32.6 Å². The van der Waals surface area contributed by atoms with E-state index >= 15 is 0 Å². The number of nitrogens with zero attached hydrogens (tertiary/aromatic N) is 3. The van der Waals surface area contributed by atoms with Crippen LogP contribution in [0.3, 0.4) is 0 Å². The van der Waals surface area contributed by atoms with Crippen molar-refractivity contribution in [1.82, 2.24) is 15.0 Å². The fourth-order valence-corrected chi connectivity index (χ4v) is 4.95. The van der Waals surface area contributed by atoms with Crippen LogP contribution in [0, 0.1) is 0 Å². The molecule has 0 amide bonds. The summed E-state index contributed by atoms with van der Waals surface area (Å²) >= 11 is 0. The molecule has 1 aromatic heterocycles. The Morgan fingerprint density at radius 3 is 2.11 bits per heavy atom. The van der Waals surface area contributed by atoms with Crippen molar-refractivity contribution in [2.75, 3.05) is 6.61 Å². The van der Waals surface area contributed by atoms with E-state index in [1.807, 2.05) is 12.1 Å². The number of aromatic hydroxyl groups is 1. The smallest absolute Gasteiger partial charge is 0.320 e. The summed E-state index contributed by atoms with van der Waals surface area (Å²) in [6.45, 7) is 2.73. The van der Waals surface area contributed by atoms with Crippen LogP contribution in [0.2, 0.25) is 0 Å². The molecule has 0 unspecified atom stereocenters. The van der Waals surface area contributed by atoms with Gasteiger partial charge in [-0.25, -0.2) is 4.98 Å². The Morgan fingerprint density at radius 1 is 0.639 bits per heavy atom. The molecular weight excluding hydrogens is 446 g/mol. The number of rotatable bonds is 8. The van der Waals surface area contributed by atoms with Gasteiger partial charge in [-0.05, 0) is 56.9 Å². The Morgan fingerprint density at radius 2 is 1.33 bits per heavy atom. The van der Waals surface area contributed by atoms with E-state index in [2.05, 4.69) is 66.5 Å². The molecule has 0 aliphatic rings. The summed E-state index contributed by atoms with van der Waals surface area (Å²) in [5.74, 6) is 1.05. The molecule has 0 aliphatic heterocycles. The van der Waals surface area contributed by atoms with Gasteiger partial charge in [-0.15, -0.1) is 0 Å². The first-order chi connectivity index (χ1) is 17.7. The molecule has 5 aromatic carbocycles. The highest BCUT2D eigenvalue weighted by atomic mass is 16.5. The molecule has 0 bridgehead atoms. The minimum Gasteiger partial charge on any atom is -0.507 e. The molecule has 36 heavy (non-hydrogen) atoms. The predicted octanol–water partition coefficient (Wildman–Crippen LogP) is 7.77. The number of phenols is 1. The summed E-state index contributed by atoms with van der Waals surface area (Å²) in [4.78, 5) is 14.1. The maximum absolute atomic E-state index is 10.5. The number of phenolic OH excluding ortho intramolecular Hbond substituents is 1. The van der Waals surface area contributed by atoms with Gasteiger partial charge in [0.25, 0.3) is 0 Å². The van der Waals surface area contributed by atoms with Gasteiger partial charge >= 0.3 is 6.01 Å². The standard InChI is InChI=1S/C31H27N3O2/c1-2-3-4-7-19-36-31-33-29(32-30(34-31)25-11-5-6-12-26(25)35)24-18-16-22-14-13-20-9-8-10-21-15-17-23(24)28(22)27(20)21/h5-6,8-18,35H,2-4,7,19H2,1H3. The minimum absolute atomic E-state index is 0.124. The molecule has 178 valence electrons. The van der Waals surface area contributed by atoms with Crippen LogP contribution in [0.25, 0.3) is 55.1 Å². The van der Waals surface area contributed by atoms with Crippen molar-refractivity contribution in [2.45, 2.75) is 32.6 Å². The Hall–Kier alpha value is -4.25. The monoisotopic (exact) mass is 473 g/mol. The van der Waals surface area contributed by atoms with E-state index < -0.39 is 0 Å². The van der Waals surface area contributed by atoms with Crippen molar-refractivity contribution in [2.24, 2.45) is 0 Å². The van der Waals surface area contributed by atoms with Gasteiger partial charge < -0.3 is 9.84 Å². The second kappa shape index (κ2) is 9.42. The van der Waals surface area contributed by atoms with Crippen LogP contribution in [-0.2, 0) is 0 Å². The number of hydrogen-bond acceptors (Lipinski definition) is 5. The van der Waals surface area contributed by atoms with E-state index in [0.717, 1.165) is 23.8 Å². The maximum Gasteiger partial charge on any atom is 0.320 e. The van der Waals surface area contributed by atoms with E-state index in [1.165, 1.54) is 39.8 Å². The molecule has 6 aromatic rings. The first-order valence-corrected chi connectivity index (χ1v) is 12.6. The second-order valence-electron chi connectivity index (χ2n) is 9.16. The van der Waals surface area contributed by atoms with Crippen molar-refractivity contribution in [3.8, 4) is 34.5 Å². The molecule has 0 fully saturated rings. The fraction of sp³-hybridized carbons (Fsp3) is 0.194. The van der Waals surface area contributed by atoms with E-state index in [4.69, 9.17) is 14.7 Å². The number of para-hydroxylation sites is 1. The maximum atomic E-state index is 10.5. The van der Waals surface area contributed by atoms with Crippen LogP contribution >= 0.6 is 0 Å². The van der Waals surface area contributed by atoms with Gasteiger partial charge in [0, 0.05) is 5.56 Å². The van der Waals surface area contributed by atoms with Gasteiger partial charge in [0.1, 0.15) is 5.75 Å². The molecule has 0 radical (unpaired) electrons. The molecule has 5 nitrogen and oxygen atoms in total. The summed E-state index contributed by atoms with van der Waals surface area (Å²) < 4.78 is 6.00. The lowest BCUT2D eigenvalue weighted by atomic mass is 9.92. The van der Waals surface area contributed by atoms with Gasteiger partial charge in [-0.1, -0.05) is 86.8 Å². The lowest BCUT2D eigenvalue weighted by Crippen LogP contribution is -2.05. The SMILES string of the molecule is CCCCCCOc1nc(-c2ccccc2O)nc(-c2ccc3ccc4cccc5ccc2c3c45)n1. The zero-order valence-electron chi connectivity index (χ0n) is 20.2. The van der Waals surface area contributed by atoms with Gasteiger partial charge in [0.05, 0.1) is 12.2 Å². The molecule has 0 aliphatic carbocycles. The summed E-state index contributed by atoms with van der Waals surface area (Å²) in [7, 11) is 0. The lowest BCUT2D eigenvalue weighted by Gasteiger charge is -2.14. The van der Waals surface area contributed by atoms with Crippen LogP contribution in [0.15, 0.2) is 78.9 Å². The molecule has 6 rings (SSSR count). The van der Waals surface area contributed by atoms with Crippen LogP contribution in [0.5, 0.6) is 11.8 Å². The Labute approximate surface area is 209 Å². The largest absolute Gasteiger partial charge is 0.507 e. The number of ether oxygens (including phenoxy) is 1. The highest BCUT2D eigenvalue weighted by molar-refractivity contribution is 6.25. The van der Waals surface area contributed by atoms with Crippen molar-refractivity contribution in [1.29, 1.82) is 0 Å². The van der Waals surface area contributed by atoms with Gasteiger partial charge in [0.2, 0.25) is 0 Å². The third-order valence-corrected chi connectivity index (χ3v) is 6.76. The summed E-state index contributed by atoms with van der Waals surface area (Å²) in [5.41, 5.74) is 1.46. The first kappa shape index (κ1) is 22.2. The highest BCUT2D eigenvalue weighted by Crippen LogP contribution is 2.39. The minimum atomic E-state index is 0.124. The Balaban J connectivity index is 1.51. The van der Waals surface area contributed by atoms with Gasteiger partial charge in [-0.3, -0.25) is 0 Å². The molecular formula is C31H27N3O2. The third-order valence-electron chi connectivity index (χ3n) is 6.76. The van der Waals surface area contributed by atoms with E-state index in [-0.39, 0.29) is 11.8 Å². The summed E-state index contributed by atoms with van der Waals surface area (Å²) in [6, 6.07) is 26.6. The van der Waals surface area contributed by atoms with Crippen molar-refractivity contribution < 1.29 is 9.84 Å². The van der Waals surface area contributed by atoms with Crippen LogP contribution in [-0.4, -0.2) is 26.7 Å². The molecule has 5 heteroatoms. The Kier molecular flexibility index (Phi) is 5.82. The topological polar surface area (TPSA) is 68.1 Å². The average molecular weight is 474 g/mol. The first-order valence-electron chi connectivity index (χ1n) is 12.6. The number of hydrogen-bond donors (Lipinski definition) is 1. The molecule has 1 N–H and O–H groups in total. The summed E-state index contributed by atoms with van der Waals surface area (Å²) in [5, 5.41) is 17.6. The zero-order chi connectivity index (χ0) is 24.5. The highest BCUT2D eigenvalue weighted by Gasteiger charge is 2.17. The molecule has 1 heterocycles. The number of unbranched alkanes of at least 4 members (excludes halogenated alkanes) is 3. The van der Waals surface area contributed by atoms with E-state index in [9.17, 15) is 5.11 Å². The number of aromatic nitrogens is 3. The van der Waals surface area contributed by atoms with Crippen LogP contribution < -0.4 is 4.74 Å². The van der Waals surface area contributed by atoms with Crippen molar-refractivity contribution in [3.63, 3.8) is 0 Å². The van der Waals surface area contributed by atoms with E-state index in [1.54, 1.807) is 12.1 Å². The normalized spacial score (nSPS) is 11.6. The zero-order valence-corrected chi connectivity index (χ0v) is 20.2. The second-order valence-corrected chi connectivity index (χ2v) is 9.16. The Bertz CT molecular complexity index is 1660.